The minimum Gasteiger partial charge on any atom is -0.467 e. The molecule has 222 valence electrons. The summed E-state index contributed by atoms with van der Waals surface area (Å²) in [6.07, 6.45) is 19.3. The highest BCUT2D eigenvalue weighted by Crippen LogP contribution is 2.12. The van der Waals surface area contributed by atoms with Crippen LogP contribution in [0.15, 0.2) is 0 Å². The minimum absolute atomic E-state index is 0.0516. The predicted molar refractivity (Wildman–Crippen MR) is 147 cm³/mol. The predicted octanol–water partition coefficient (Wildman–Crippen LogP) is 5.74. The van der Waals surface area contributed by atoms with Crippen molar-refractivity contribution in [3.8, 4) is 0 Å². The molecule has 0 aliphatic rings. The third-order valence-corrected chi connectivity index (χ3v) is 5.95. The summed E-state index contributed by atoms with van der Waals surface area (Å²) in [4.78, 5) is 10.8. The van der Waals surface area contributed by atoms with Crippen molar-refractivity contribution >= 4 is 5.97 Å². The average molecular weight is 535 g/mol. The van der Waals surface area contributed by atoms with Gasteiger partial charge in [0.15, 0.2) is 0 Å². The van der Waals surface area contributed by atoms with Crippen molar-refractivity contribution in [1.29, 1.82) is 0 Å². The Morgan fingerprint density at radius 1 is 0.405 bits per heavy atom. The molecule has 0 aliphatic carbocycles. The van der Waals surface area contributed by atoms with E-state index in [1.165, 1.54) is 90.6 Å². The Bertz CT molecular complexity index is 436. The summed E-state index contributed by atoms with van der Waals surface area (Å²) >= 11 is 0. The molecule has 0 spiro atoms. The van der Waals surface area contributed by atoms with E-state index < -0.39 is 5.97 Å². The van der Waals surface area contributed by atoms with Crippen molar-refractivity contribution in [1.82, 2.24) is 0 Å². The molecule has 0 aromatic heterocycles. The van der Waals surface area contributed by atoms with Gasteiger partial charge in [-0.05, 0) is 6.42 Å². The number of hydrogen-bond acceptors (Lipinski definition) is 8. The first-order valence-electron chi connectivity index (χ1n) is 14.8. The maximum Gasteiger partial charge on any atom is 0.331 e. The fraction of sp³-hybridized carbons (Fsp3) is 0.966. The van der Waals surface area contributed by atoms with Crippen molar-refractivity contribution in [2.45, 2.75) is 96.8 Å². The van der Waals surface area contributed by atoms with Crippen LogP contribution in [0.3, 0.4) is 0 Å². The zero-order chi connectivity index (χ0) is 26.9. The maximum atomic E-state index is 10.8. The lowest BCUT2D eigenvalue weighted by Crippen LogP contribution is -2.15. The monoisotopic (exact) mass is 534 g/mol. The lowest BCUT2D eigenvalue weighted by molar-refractivity contribution is -0.146. The number of ether oxygens (including phenoxy) is 7. The molecule has 0 radical (unpaired) electrons. The summed E-state index contributed by atoms with van der Waals surface area (Å²) in [6, 6.07) is 0. The van der Waals surface area contributed by atoms with Crippen LogP contribution in [0.2, 0.25) is 0 Å². The standard InChI is InChI=1S/C29H58O8/c1-3-4-5-6-7-8-9-10-11-12-13-14-15-16-17-32-18-19-33-20-21-34-22-23-35-24-25-36-26-27-37-28-29(30)31-2/h3-28H2,1-2H3. The smallest absolute Gasteiger partial charge is 0.331 e. The van der Waals surface area contributed by atoms with Crippen LogP contribution in [0.1, 0.15) is 96.8 Å². The van der Waals surface area contributed by atoms with Gasteiger partial charge in [-0.1, -0.05) is 90.4 Å². The Balaban J connectivity index is 3.03. The molecule has 0 N–H and O–H groups in total. The molecule has 0 saturated carbocycles. The molecule has 0 bridgehead atoms. The minimum atomic E-state index is -0.391. The zero-order valence-electron chi connectivity index (χ0n) is 24.2. The van der Waals surface area contributed by atoms with E-state index in [0.717, 1.165) is 13.0 Å². The number of unbranched alkanes of at least 4 members (excludes halogenated alkanes) is 13. The van der Waals surface area contributed by atoms with Gasteiger partial charge in [0.05, 0.1) is 73.2 Å². The lowest BCUT2D eigenvalue weighted by atomic mass is 10.0. The number of rotatable bonds is 32. The zero-order valence-corrected chi connectivity index (χ0v) is 24.2. The highest BCUT2D eigenvalue weighted by molar-refractivity contribution is 5.70. The largest absolute Gasteiger partial charge is 0.467 e. The van der Waals surface area contributed by atoms with Crippen LogP contribution >= 0.6 is 0 Å². The van der Waals surface area contributed by atoms with E-state index in [0.29, 0.717) is 66.1 Å². The van der Waals surface area contributed by atoms with Gasteiger partial charge in [-0.3, -0.25) is 0 Å². The van der Waals surface area contributed by atoms with E-state index in [9.17, 15) is 4.79 Å². The molecule has 8 nitrogen and oxygen atoms in total. The molecule has 0 heterocycles. The number of methoxy groups -OCH3 is 1. The number of carbonyl (C=O) groups excluding carboxylic acids is 1. The molecule has 37 heavy (non-hydrogen) atoms. The Morgan fingerprint density at radius 2 is 0.703 bits per heavy atom. The molecular formula is C29H58O8. The van der Waals surface area contributed by atoms with Crippen LogP contribution in [0.5, 0.6) is 0 Å². The molecular weight excluding hydrogens is 476 g/mol. The summed E-state index contributed by atoms with van der Waals surface area (Å²) in [5.41, 5.74) is 0. The fourth-order valence-corrected chi connectivity index (χ4v) is 3.71. The van der Waals surface area contributed by atoms with Gasteiger partial charge in [0.25, 0.3) is 0 Å². The van der Waals surface area contributed by atoms with E-state index in [2.05, 4.69) is 11.7 Å². The summed E-state index contributed by atoms with van der Waals surface area (Å²) in [5, 5.41) is 0. The Labute approximate surface area is 227 Å². The van der Waals surface area contributed by atoms with E-state index in [1.54, 1.807) is 0 Å². The Hall–Kier alpha value is -0.770. The molecule has 0 aromatic rings. The molecule has 0 aromatic carbocycles. The molecule has 0 unspecified atom stereocenters. The van der Waals surface area contributed by atoms with E-state index in [4.69, 9.17) is 28.4 Å². The number of carbonyl (C=O) groups is 1. The van der Waals surface area contributed by atoms with Gasteiger partial charge >= 0.3 is 5.97 Å². The Morgan fingerprint density at radius 3 is 1.05 bits per heavy atom. The fourth-order valence-electron chi connectivity index (χ4n) is 3.71. The molecule has 0 aliphatic heterocycles. The second kappa shape index (κ2) is 33.3. The second-order valence-corrected chi connectivity index (χ2v) is 9.29. The van der Waals surface area contributed by atoms with Gasteiger partial charge in [-0.15, -0.1) is 0 Å². The summed E-state index contributed by atoms with van der Waals surface area (Å²) < 4.78 is 36.9. The first-order chi connectivity index (χ1) is 18.3. The third kappa shape index (κ3) is 33.2. The van der Waals surface area contributed by atoms with E-state index in [1.807, 2.05) is 0 Å². The van der Waals surface area contributed by atoms with Crippen molar-refractivity contribution in [3.63, 3.8) is 0 Å². The Kier molecular flexibility index (Phi) is 32.6. The van der Waals surface area contributed by atoms with Gasteiger partial charge in [-0.2, -0.15) is 0 Å². The van der Waals surface area contributed by atoms with Crippen molar-refractivity contribution in [2.75, 3.05) is 86.4 Å². The van der Waals surface area contributed by atoms with Crippen molar-refractivity contribution in [3.05, 3.63) is 0 Å². The molecule has 0 fully saturated rings. The van der Waals surface area contributed by atoms with Crippen LogP contribution in [-0.4, -0.2) is 92.4 Å². The van der Waals surface area contributed by atoms with Crippen LogP contribution in [-0.2, 0) is 38.0 Å². The van der Waals surface area contributed by atoms with Crippen LogP contribution < -0.4 is 0 Å². The molecule has 0 saturated heterocycles. The van der Waals surface area contributed by atoms with Crippen LogP contribution in [0, 0.1) is 0 Å². The van der Waals surface area contributed by atoms with Crippen molar-refractivity contribution in [2.24, 2.45) is 0 Å². The molecule has 8 heteroatoms. The van der Waals surface area contributed by atoms with Gasteiger partial charge in [0.1, 0.15) is 6.61 Å². The van der Waals surface area contributed by atoms with Crippen LogP contribution in [0.4, 0.5) is 0 Å². The topological polar surface area (TPSA) is 81.7 Å². The maximum absolute atomic E-state index is 10.8. The highest BCUT2D eigenvalue weighted by Gasteiger charge is 1.99. The normalized spacial score (nSPS) is 11.3. The number of esters is 1. The summed E-state index contributed by atoms with van der Waals surface area (Å²) in [6.45, 7) is 8.22. The SMILES string of the molecule is CCCCCCCCCCCCCCCCOCCOCCOCCOCCOCCOCC(=O)OC. The third-order valence-electron chi connectivity index (χ3n) is 5.95. The van der Waals surface area contributed by atoms with E-state index in [-0.39, 0.29) is 6.61 Å². The molecule has 0 rings (SSSR count). The lowest BCUT2D eigenvalue weighted by Gasteiger charge is -2.08. The molecule has 0 atom stereocenters. The van der Waals surface area contributed by atoms with Crippen LogP contribution in [0.25, 0.3) is 0 Å². The van der Waals surface area contributed by atoms with Gasteiger partial charge in [-0.25, -0.2) is 4.79 Å². The quantitative estimate of drug-likeness (QED) is 0.0798. The molecule has 0 amide bonds. The van der Waals surface area contributed by atoms with Crippen molar-refractivity contribution < 1.29 is 38.0 Å². The first kappa shape index (κ1) is 36.2. The summed E-state index contributed by atoms with van der Waals surface area (Å²) in [7, 11) is 1.33. The highest BCUT2D eigenvalue weighted by atomic mass is 16.6. The summed E-state index contributed by atoms with van der Waals surface area (Å²) in [5.74, 6) is -0.391. The van der Waals surface area contributed by atoms with Gasteiger partial charge < -0.3 is 33.2 Å². The average Bonchev–Trinajstić information content (AvgIpc) is 2.91. The van der Waals surface area contributed by atoms with Gasteiger partial charge in [0.2, 0.25) is 0 Å². The first-order valence-corrected chi connectivity index (χ1v) is 14.8. The van der Waals surface area contributed by atoms with E-state index >= 15 is 0 Å². The van der Waals surface area contributed by atoms with Gasteiger partial charge in [0, 0.05) is 6.61 Å². The second-order valence-electron chi connectivity index (χ2n) is 9.29. The number of hydrogen-bond donors (Lipinski definition) is 0.